The zero-order chi connectivity index (χ0) is 17.5. The Morgan fingerprint density at radius 2 is 1.79 bits per heavy atom. The van der Waals surface area contributed by atoms with E-state index < -0.39 is 4.92 Å². The maximum atomic E-state index is 12.1. The van der Waals surface area contributed by atoms with Gasteiger partial charge in [0, 0.05) is 28.3 Å². The molecule has 2 N–H and O–H groups in total. The molecule has 0 aromatic heterocycles. The number of rotatable bonds is 7. The maximum absolute atomic E-state index is 12.1. The number of likely N-dealkylation sites (N-methyl/N-ethyl adjacent to an activating group) is 1. The number of nitrogens with zero attached hydrogens (tertiary/aromatic N) is 1. The lowest BCUT2D eigenvalue weighted by Gasteiger charge is -2.14. The molecule has 0 bridgehead atoms. The van der Waals surface area contributed by atoms with E-state index in [4.69, 9.17) is 0 Å². The number of benzene rings is 2. The average Bonchev–Trinajstić information content (AvgIpc) is 2.55. The van der Waals surface area contributed by atoms with Crippen LogP contribution in [-0.4, -0.2) is 30.7 Å². The number of nitro groups is 1. The van der Waals surface area contributed by atoms with Crippen molar-refractivity contribution < 1.29 is 14.6 Å². The molecule has 0 aliphatic heterocycles. The van der Waals surface area contributed by atoms with Crippen molar-refractivity contribution >= 4 is 29.0 Å². The second kappa shape index (κ2) is 8.47. The summed E-state index contributed by atoms with van der Waals surface area (Å²) in [5.41, 5.74) is 1.74. The van der Waals surface area contributed by atoms with Gasteiger partial charge in [0.15, 0.2) is 6.54 Å². The van der Waals surface area contributed by atoms with Gasteiger partial charge in [0.2, 0.25) is 0 Å². The third-order valence-corrected chi connectivity index (χ3v) is 4.23. The van der Waals surface area contributed by atoms with Gasteiger partial charge < -0.3 is 10.2 Å². The number of hydrogen-bond acceptors (Lipinski definition) is 4. The predicted octanol–water partition coefficient (Wildman–Crippen LogP) is 1.97. The van der Waals surface area contributed by atoms with Crippen LogP contribution in [0, 0.1) is 10.1 Å². The van der Waals surface area contributed by atoms with Crippen LogP contribution >= 0.6 is 11.8 Å². The topological polar surface area (TPSA) is 76.7 Å². The number of carbonyl (C=O) groups is 1. The van der Waals surface area contributed by atoms with Crippen LogP contribution in [0.15, 0.2) is 53.4 Å². The highest BCUT2D eigenvalue weighted by Crippen LogP contribution is 2.15. The summed E-state index contributed by atoms with van der Waals surface area (Å²) in [4.78, 5) is 24.5. The van der Waals surface area contributed by atoms with Crippen molar-refractivity contribution in [3.8, 4) is 0 Å². The van der Waals surface area contributed by atoms with Crippen molar-refractivity contribution in [3.63, 3.8) is 0 Å². The molecule has 1 atom stereocenters. The summed E-state index contributed by atoms with van der Waals surface area (Å²) in [6.45, 7) is 1.07. The van der Waals surface area contributed by atoms with Crippen LogP contribution in [0.3, 0.4) is 0 Å². The Bertz CT molecular complexity index is 702. The SMILES string of the molecule is CSc1ccc(C[NH+](C)CC(=O)Nc2ccc([N+](=O)[O-])cc2)cc1. The monoisotopic (exact) mass is 346 g/mol. The Morgan fingerprint density at radius 3 is 2.33 bits per heavy atom. The number of nitrogens with one attached hydrogen (secondary N) is 2. The fourth-order valence-electron chi connectivity index (χ4n) is 2.30. The number of hydrogen-bond donors (Lipinski definition) is 2. The highest BCUT2D eigenvalue weighted by atomic mass is 32.2. The number of quaternary nitrogens is 1. The van der Waals surface area contributed by atoms with Crippen LogP contribution in [0.25, 0.3) is 0 Å². The molecule has 0 radical (unpaired) electrons. The molecule has 0 spiro atoms. The molecule has 7 heteroatoms. The smallest absolute Gasteiger partial charge is 0.279 e. The Morgan fingerprint density at radius 1 is 1.17 bits per heavy atom. The van der Waals surface area contributed by atoms with Crippen LogP contribution in [-0.2, 0) is 11.3 Å². The molecule has 6 nitrogen and oxygen atoms in total. The van der Waals surface area contributed by atoms with Gasteiger partial charge in [0.05, 0.1) is 12.0 Å². The van der Waals surface area contributed by atoms with E-state index in [1.54, 1.807) is 11.8 Å². The van der Waals surface area contributed by atoms with Gasteiger partial charge in [-0.25, -0.2) is 0 Å². The summed E-state index contributed by atoms with van der Waals surface area (Å²) in [5.74, 6) is -0.123. The second-order valence-electron chi connectivity index (χ2n) is 5.51. The number of anilines is 1. The normalized spacial score (nSPS) is 11.8. The van der Waals surface area contributed by atoms with E-state index in [0.717, 1.165) is 11.4 Å². The summed E-state index contributed by atoms with van der Waals surface area (Å²) in [6.07, 6.45) is 2.04. The summed E-state index contributed by atoms with van der Waals surface area (Å²) in [5, 5.41) is 13.4. The minimum atomic E-state index is -0.466. The first-order chi connectivity index (χ1) is 11.5. The van der Waals surface area contributed by atoms with Crippen molar-refractivity contribution in [3.05, 3.63) is 64.2 Å². The Labute approximate surface area is 145 Å². The molecule has 126 valence electrons. The molecule has 0 fully saturated rings. The number of nitro benzene ring substituents is 1. The summed E-state index contributed by atoms with van der Waals surface area (Å²) in [7, 11) is 1.96. The molecule has 2 aromatic carbocycles. The van der Waals surface area contributed by atoms with Gasteiger partial charge in [0.1, 0.15) is 6.54 Å². The Hall–Kier alpha value is -2.38. The lowest BCUT2D eigenvalue weighted by molar-refractivity contribution is -0.885. The van der Waals surface area contributed by atoms with E-state index in [2.05, 4.69) is 29.6 Å². The first-order valence-electron chi connectivity index (χ1n) is 7.46. The van der Waals surface area contributed by atoms with Crippen molar-refractivity contribution in [1.82, 2.24) is 0 Å². The molecule has 0 saturated heterocycles. The predicted molar refractivity (Wildman–Crippen MR) is 95.4 cm³/mol. The van der Waals surface area contributed by atoms with Gasteiger partial charge in [-0.05, 0) is 30.5 Å². The molecule has 0 aliphatic rings. The van der Waals surface area contributed by atoms with E-state index in [1.807, 2.05) is 13.3 Å². The molecule has 1 amide bonds. The molecule has 0 heterocycles. The van der Waals surface area contributed by atoms with E-state index in [0.29, 0.717) is 12.2 Å². The average molecular weight is 346 g/mol. The van der Waals surface area contributed by atoms with Crippen LogP contribution in [0.4, 0.5) is 11.4 Å². The standard InChI is InChI=1S/C17H19N3O3S/c1-19(11-13-3-9-16(24-2)10-4-13)12-17(21)18-14-5-7-15(8-6-14)20(22)23/h3-10H,11-12H2,1-2H3,(H,18,21)/p+1. The largest absolute Gasteiger partial charge is 0.326 e. The Kier molecular flexibility index (Phi) is 6.34. The number of non-ortho nitro benzene ring substituents is 1. The van der Waals surface area contributed by atoms with Crippen molar-refractivity contribution in [2.75, 3.05) is 25.2 Å². The fraction of sp³-hybridized carbons (Fsp3) is 0.235. The van der Waals surface area contributed by atoms with Gasteiger partial charge in [-0.2, -0.15) is 0 Å². The molecular weight excluding hydrogens is 326 g/mol. The van der Waals surface area contributed by atoms with Crippen molar-refractivity contribution in [2.24, 2.45) is 0 Å². The maximum Gasteiger partial charge on any atom is 0.279 e. The lowest BCUT2D eigenvalue weighted by atomic mass is 10.2. The van der Waals surface area contributed by atoms with Gasteiger partial charge in [-0.3, -0.25) is 14.9 Å². The first kappa shape index (κ1) is 18.0. The molecule has 24 heavy (non-hydrogen) atoms. The van der Waals surface area contributed by atoms with Crippen molar-refractivity contribution in [1.29, 1.82) is 0 Å². The quantitative estimate of drug-likeness (QED) is 0.456. The minimum absolute atomic E-state index is 0.00410. The van der Waals surface area contributed by atoms with Crippen LogP contribution in [0.1, 0.15) is 5.56 Å². The van der Waals surface area contributed by atoms with E-state index >= 15 is 0 Å². The molecule has 0 saturated carbocycles. The fourth-order valence-corrected chi connectivity index (χ4v) is 2.71. The zero-order valence-electron chi connectivity index (χ0n) is 13.6. The zero-order valence-corrected chi connectivity index (χ0v) is 14.4. The minimum Gasteiger partial charge on any atom is -0.326 e. The molecule has 1 unspecified atom stereocenters. The van der Waals surface area contributed by atoms with Crippen LogP contribution in [0.5, 0.6) is 0 Å². The highest BCUT2D eigenvalue weighted by Gasteiger charge is 2.12. The molecular formula is C17H20N3O3S+. The van der Waals surface area contributed by atoms with E-state index in [-0.39, 0.29) is 11.6 Å². The van der Waals surface area contributed by atoms with E-state index in [1.165, 1.54) is 34.7 Å². The van der Waals surface area contributed by atoms with Crippen molar-refractivity contribution in [2.45, 2.75) is 11.4 Å². The number of carbonyl (C=O) groups excluding carboxylic acids is 1. The van der Waals surface area contributed by atoms with Crippen LogP contribution in [0.2, 0.25) is 0 Å². The number of amides is 1. The number of thioether (sulfide) groups is 1. The molecule has 0 aliphatic carbocycles. The summed E-state index contributed by atoms with van der Waals surface area (Å²) in [6, 6.07) is 14.1. The second-order valence-corrected chi connectivity index (χ2v) is 6.39. The van der Waals surface area contributed by atoms with Gasteiger partial charge in [-0.1, -0.05) is 12.1 Å². The van der Waals surface area contributed by atoms with Gasteiger partial charge >= 0.3 is 0 Å². The lowest BCUT2D eigenvalue weighted by Crippen LogP contribution is -3.08. The summed E-state index contributed by atoms with van der Waals surface area (Å²) >= 11 is 1.70. The molecule has 2 rings (SSSR count). The summed E-state index contributed by atoms with van der Waals surface area (Å²) < 4.78 is 0. The molecule has 2 aromatic rings. The Balaban J connectivity index is 1.85. The van der Waals surface area contributed by atoms with Gasteiger partial charge in [0.25, 0.3) is 11.6 Å². The first-order valence-corrected chi connectivity index (χ1v) is 8.69. The third kappa shape index (κ3) is 5.36. The highest BCUT2D eigenvalue weighted by molar-refractivity contribution is 7.98. The third-order valence-electron chi connectivity index (χ3n) is 3.49. The van der Waals surface area contributed by atoms with Gasteiger partial charge in [-0.15, -0.1) is 11.8 Å². The van der Waals surface area contributed by atoms with Crippen LogP contribution < -0.4 is 10.2 Å². The van der Waals surface area contributed by atoms with E-state index in [9.17, 15) is 14.9 Å².